The Bertz CT molecular complexity index is 473. The highest BCUT2D eigenvalue weighted by Gasteiger charge is 2.19. The van der Waals surface area contributed by atoms with Gasteiger partial charge in [0.25, 0.3) is 0 Å². The quantitative estimate of drug-likeness (QED) is 0.887. The predicted molar refractivity (Wildman–Crippen MR) is 73.5 cm³/mol. The van der Waals surface area contributed by atoms with E-state index in [4.69, 9.17) is 0 Å². The fourth-order valence-electron chi connectivity index (χ4n) is 2.26. The molecule has 2 amide bonds. The average molecular weight is 278 g/mol. The van der Waals surface area contributed by atoms with Gasteiger partial charge < -0.3 is 10.2 Å². The summed E-state index contributed by atoms with van der Waals surface area (Å²) >= 11 is 0. The van der Waals surface area contributed by atoms with Crippen LogP contribution in [-0.2, 0) is 16.0 Å². The molecule has 2 rings (SSSR count). The Labute approximate surface area is 118 Å². The summed E-state index contributed by atoms with van der Waals surface area (Å²) < 4.78 is 12.7. The van der Waals surface area contributed by atoms with Crippen molar-refractivity contribution in [3.63, 3.8) is 0 Å². The van der Waals surface area contributed by atoms with E-state index in [9.17, 15) is 14.0 Å². The lowest BCUT2D eigenvalue weighted by molar-refractivity contribution is -0.137. The lowest BCUT2D eigenvalue weighted by Crippen LogP contribution is -2.43. The van der Waals surface area contributed by atoms with Crippen molar-refractivity contribution in [1.82, 2.24) is 10.2 Å². The molecule has 1 aliphatic rings. The van der Waals surface area contributed by atoms with Gasteiger partial charge in [0.15, 0.2) is 0 Å². The molecule has 0 spiro atoms. The molecule has 20 heavy (non-hydrogen) atoms. The van der Waals surface area contributed by atoms with Gasteiger partial charge in [-0.3, -0.25) is 9.59 Å². The molecule has 1 heterocycles. The number of carbonyl (C=O) groups excluding carboxylic acids is 2. The zero-order chi connectivity index (χ0) is 14.4. The Morgan fingerprint density at radius 3 is 2.70 bits per heavy atom. The summed E-state index contributed by atoms with van der Waals surface area (Å²) in [4.78, 5) is 24.9. The van der Waals surface area contributed by atoms with Crippen molar-refractivity contribution in [2.24, 2.45) is 0 Å². The molecule has 1 aromatic rings. The van der Waals surface area contributed by atoms with Crippen LogP contribution in [0.3, 0.4) is 0 Å². The first kappa shape index (κ1) is 14.5. The van der Waals surface area contributed by atoms with E-state index in [1.807, 2.05) is 0 Å². The molecule has 0 bridgehead atoms. The third-order valence-electron chi connectivity index (χ3n) is 3.40. The third kappa shape index (κ3) is 4.33. The van der Waals surface area contributed by atoms with E-state index in [1.165, 1.54) is 12.1 Å². The smallest absolute Gasteiger partial charge is 0.239 e. The summed E-state index contributed by atoms with van der Waals surface area (Å²) in [6.07, 6.45) is 3.08. The molecule has 1 aliphatic heterocycles. The van der Waals surface area contributed by atoms with Crippen LogP contribution in [0.25, 0.3) is 0 Å². The lowest BCUT2D eigenvalue weighted by atomic mass is 10.1. The lowest BCUT2D eigenvalue weighted by Gasteiger charge is -2.25. The first-order chi connectivity index (χ1) is 9.65. The Kier molecular flexibility index (Phi) is 5.09. The van der Waals surface area contributed by atoms with Crippen LogP contribution < -0.4 is 5.32 Å². The molecule has 1 fully saturated rings. The monoisotopic (exact) mass is 278 g/mol. The van der Waals surface area contributed by atoms with E-state index in [-0.39, 0.29) is 24.2 Å². The molecular weight excluding hydrogens is 259 g/mol. The van der Waals surface area contributed by atoms with Gasteiger partial charge >= 0.3 is 0 Å². The average Bonchev–Trinajstić information content (AvgIpc) is 2.44. The SMILES string of the molecule is O=C(CN1CCCCC1=O)NCCc1ccc(F)cc1. The highest BCUT2D eigenvalue weighted by Crippen LogP contribution is 2.09. The summed E-state index contributed by atoms with van der Waals surface area (Å²) in [5.74, 6) is -0.339. The van der Waals surface area contributed by atoms with Crippen LogP contribution in [0, 0.1) is 5.82 Å². The van der Waals surface area contributed by atoms with Crippen LogP contribution >= 0.6 is 0 Å². The first-order valence-corrected chi connectivity index (χ1v) is 6.94. The van der Waals surface area contributed by atoms with Crippen molar-refractivity contribution in [2.75, 3.05) is 19.6 Å². The number of hydrogen-bond donors (Lipinski definition) is 1. The van der Waals surface area contributed by atoms with Crippen molar-refractivity contribution in [2.45, 2.75) is 25.7 Å². The number of likely N-dealkylation sites (tertiary alicyclic amines) is 1. The van der Waals surface area contributed by atoms with E-state index in [2.05, 4.69) is 5.32 Å². The van der Waals surface area contributed by atoms with E-state index in [0.29, 0.717) is 25.9 Å². The second-order valence-electron chi connectivity index (χ2n) is 5.00. The Hall–Kier alpha value is -1.91. The Balaban J connectivity index is 1.69. The van der Waals surface area contributed by atoms with Crippen molar-refractivity contribution in [1.29, 1.82) is 0 Å². The van der Waals surface area contributed by atoms with Crippen LogP contribution in [0.1, 0.15) is 24.8 Å². The van der Waals surface area contributed by atoms with Gasteiger partial charge in [-0.05, 0) is 37.0 Å². The predicted octanol–water partition coefficient (Wildman–Crippen LogP) is 1.50. The van der Waals surface area contributed by atoms with E-state index in [1.54, 1.807) is 17.0 Å². The number of carbonyl (C=O) groups is 2. The molecule has 0 aliphatic carbocycles. The van der Waals surface area contributed by atoms with E-state index < -0.39 is 0 Å². The fourth-order valence-corrected chi connectivity index (χ4v) is 2.26. The van der Waals surface area contributed by atoms with Gasteiger partial charge in [-0.15, -0.1) is 0 Å². The number of nitrogens with one attached hydrogen (secondary N) is 1. The molecule has 1 aromatic carbocycles. The largest absolute Gasteiger partial charge is 0.354 e. The Morgan fingerprint density at radius 2 is 2.00 bits per heavy atom. The van der Waals surface area contributed by atoms with Gasteiger partial charge in [-0.2, -0.15) is 0 Å². The summed E-state index contributed by atoms with van der Waals surface area (Å²) in [7, 11) is 0. The van der Waals surface area contributed by atoms with Gasteiger partial charge in [-0.25, -0.2) is 4.39 Å². The van der Waals surface area contributed by atoms with E-state index >= 15 is 0 Å². The highest BCUT2D eigenvalue weighted by molar-refractivity contribution is 5.85. The minimum absolute atomic E-state index is 0.0601. The standard InChI is InChI=1S/C15H19FN2O2/c16-13-6-4-12(5-7-13)8-9-17-14(19)11-18-10-2-1-3-15(18)20/h4-7H,1-3,8-11H2,(H,17,19). The van der Waals surface area contributed by atoms with Crippen molar-refractivity contribution >= 4 is 11.8 Å². The number of rotatable bonds is 5. The van der Waals surface area contributed by atoms with Crippen molar-refractivity contribution in [3.8, 4) is 0 Å². The Morgan fingerprint density at radius 1 is 1.25 bits per heavy atom. The summed E-state index contributed by atoms with van der Waals surface area (Å²) in [6.45, 7) is 1.30. The molecule has 0 atom stereocenters. The molecule has 0 radical (unpaired) electrons. The van der Waals surface area contributed by atoms with Crippen LogP contribution in [0.15, 0.2) is 24.3 Å². The van der Waals surface area contributed by atoms with Gasteiger partial charge in [0.1, 0.15) is 5.82 Å². The second kappa shape index (κ2) is 7.03. The minimum Gasteiger partial charge on any atom is -0.354 e. The topological polar surface area (TPSA) is 49.4 Å². The van der Waals surface area contributed by atoms with Crippen LogP contribution in [-0.4, -0.2) is 36.3 Å². The number of piperidine rings is 1. The van der Waals surface area contributed by atoms with Crippen molar-refractivity contribution in [3.05, 3.63) is 35.6 Å². The first-order valence-electron chi connectivity index (χ1n) is 6.94. The maximum atomic E-state index is 12.7. The maximum absolute atomic E-state index is 12.7. The van der Waals surface area contributed by atoms with Gasteiger partial charge in [0.2, 0.25) is 11.8 Å². The zero-order valence-electron chi connectivity index (χ0n) is 11.4. The fraction of sp³-hybridized carbons (Fsp3) is 0.467. The molecule has 4 nitrogen and oxygen atoms in total. The van der Waals surface area contributed by atoms with Gasteiger partial charge in [-0.1, -0.05) is 12.1 Å². The highest BCUT2D eigenvalue weighted by atomic mass is 19.1. The van der Waals surface area contributed by atoms with E-state index in [0.717, 1.165) is 18.4 Å². The molecule has 0 aromatic heterocycles. The molecule has 1 saturated heterocycles. The molecule has 1 N–H and O–H groups in total. The summed E-state index contributed by atoms with van der Waals surface area (Å²) in [6, 6.07) is 6.22. The zero-order valence-corrected chi connectivity index (χ0v) is 11.4. The maximum Gasteiger partial charge on any atom is 0.239 e. The van der Waals surface area contributed by atoms with Gasteiger partial charge in [0, 0.05) is 19.5 Å². The second-order valence-corrected chi connectivity index (χ2v) is 5.00. The van der Waals surface area contributed by atoms with Crippen LogP contribution in [0.4, 0.5) is 4.39 Å². The molecular formula is C15H19FN2O2. The van der Waals surface area contributed by atoms with Gasteiger partial charge in [0.05, 0.1) is 6.54 Å². The molecule has 108 valence electrons. The number of benzene rings is 1. The van der Waals surface area contributed by atoms with Crippen molar-refractivity contribution < 1.29 is 14.0 Å². The number of hydrogen-bond acceptors (Lipinski definition) is 2. The molecule has 0 saturated carbocycles. The minimum atomic E-state index is -0.263. The number of nitrogens with zero attached hydrogens (tertiary/aromatic N) is 1. The third-order valence-corrected chi connectivity index (χ3v) is 3.40. The normalized spacial score (nSPS) is 15.2. The molecule has 5 heteroatoms. The van der Waals surface area contributed by atoms with Crippen LogP contribution in [0.2, 0.25) is 0 Å². The summed E-state index contributed by atoms with van der Waals surface area (Å²) in [5.41, 5.74) is 0.973. The number of halogens is 1. The van der Waals surface area contributed by atoms with Crippen LogP contribution in [0.5, 0.6) is 0 Å². The molecule has 0 unspecified atom stereocenters. The summed E-state index contributed by atoms with van der Waals surface area (Å²) in [5, 5.41) is 2.79. The number of amides is 2.